The summed E-state index contributed by atoms with van der Waals surface area (Å²) in [5.74, 6) is -0.174. The molecule has 0 bridgehead atoms. The van der Waals surface area contributed by atoms with Crippen molar-refractivity contribution < 1.29 is 4.39 Å². The van der Waals surface area contributed by atoms with Gasteiger partial charge in [-0.05, 0) is 56.1 Å². The molecule has 0 radical (unpaired) electrons. The maximum Gasteiger partial charge on any atom is 0.128 e. The van der Waals surface area contributed by atoms with Crippen LogP contribution >= 0.6 is 11.6 Å². The lowest BCUT2D eigenvalue weighted by molar-refractivity contribution is 0.533. The first kappa shape index (κ1) is 15.0. The van der Waals surface area contributed by atoms with Crippen molar-refractivity contribution >= 4 is 11.6 Å². The van der Waals surface area contributed by atoms with Crippen LogP contribution in [0, 0.1) is 19.7 Å². The number of nitrogens with one attached hydrogen (secondary N) is 1. The number of hydrogen-bond acceptors (Lipinski definition) is 1. The molecule has 1 N–H and O–H groups in total. The molecular weight excluding hydrogens is 273 g/mol. The van der Waals surface area contributed by atoms with Crippen molar-refractivity contribution in [3.63, 3.8) is 0 Å². The molecular formula is C17H19ClFN. The first-order chi connectivity index (χ1) is 9.51. The number of hydrogen-bond donors (Lipinski definition) is 1. The van der Waals surface area contributed by atoms with Gasteiger partial charge in [-0.3, -0.25) is 0 Å². The second-order valence-corrected chi connectivity index (χ2v) is 5.57. The Bertz CT molecular complexity index is 610. The first-order valence-electron chi connectivity index (χ1n) is 6.69. The van der Waals surface area contributed by atoms with Gasteiger partial charge in [-0.2, -0.15) is 0 Å². The lowest BCUT2D eigenvalue weighted by atomic mass is 9.97. The summed E-state index contributed by atoms with van der Waals surface area (Å²) in [5.41, 5.74) is 3.75. The van der Waals surface area contributed by atoms with E-state index in [2.05, 4.69) is 5.32 Å². The quantitative estimate of drug-likeness (QED) is 0.868. The average Bonchev–Trinajstić information content (AvgIpc) is 2.39. The van der Waals surface area contributed by atoms with Crippen molar-refractivity contribution in [1.82, 2.24) is 5.32 Å². The highest BCUT2D eigenvalue weighted by Crippen LogP contribution is 2.26. The standard InChI is InChI=1S/C17H19ClFN/c1-11-4-6-13(15(18)8-11)10-17(20-3)14-7-5-12(2)9-16(14)19/h4-9,17,20H,10H2,1-3H3. The number of benzene rings is 2. The smallest absolute Gasteiger partial charge is 0.128 e. The van der Waals surface area contributed by atoms with Crippen LogP contribution < -0.4 is 5.32 Å². The van der Waals surface area contributed by atoms with E-state index in [1.165, 1.54) is 0 Å². The monoisotopic (exact) mass is 291 g/mol. The molecule has 2 aromatic carbocycles. The van der Waals surface area contributed by atoms with Crippen LogP contribution in [0.2, 0.25) is 5.02 Å². The minimum atomic E-state index is -0.174. The lowest BCUT2D eigenvalue weighted by Gasteiger charge is -2.18. The molecule has 0 aliphatic carbocycles. The number of rotatable bonds is 4. The van der Waals surface area contributed by atoms with Crippen LogP contribution in [-0.2, 0) is 6.42 Å². The zero-order valence-electron chi connectivity index (χ0n) is 12.0. The fraction of sp³-hybridized carbons (Fsp3) is 0.294. The second kappa shape index (κ2) is 6.38. The van der Waals surface area contributed by atoms with Crippen LogP contribution in [0.4, 0.5) is 4.39 Å². The third kappa shape index (κ3) is 3.38. The fourth-order valence-electron chi connectivity index (χ4n) is 2.32. The van der Waals surface area contributed by atoms with E-state index in [1.54, 1.807) is 6.07 Å². The highest BCUT2D eigenvalue weighted by molar-refractivity contribution is 6.31. The van der Waals surface area contributed by atoms with Gasteiger partial charge < -0.3 is 5.32 Å². The van der Waals surface area contributed by atoms with E-state index < -0.39 is 0 Å². The Morgan fingerprint density at radius 3 is 2.35 bits per heavy atom. The molecule has 0 amide bonds. The summed E-state index contributed by atoms with van der Waals surface area (Å²) in [6.45, 7) is 3.89. The van der Waals surface area contributed by atoms with Gasteiger partial charge in [0.1, 0.15) is 5.82 Å². The predicted octanol–water partition coefficient (Wildman–Crippen LogP) is 4.60. The Balaban J connectivity index is 2.28. The molecule has 2 aromatic rings. The first-order valence-corrected chi connectivity index (χ1v) is 7.07. The third-order valence-corrected chi connectivity index (χ3v) is 3.86. The van der Waals surface area contributed by atoms with Crippen molar-refractivity contribution in [2.75, 3.05) is 7.05 Å². The minimum absolute atomic E-state index is 0.0872. The van der Waals surface area contributed by atoms with Crippen molar-refractivity contribution in [2.24, 2.45) is 0 Å². The molecule has 0 heterocycles. The molecule has 1 nitrogen and oxygen atoms in total. The Morgan fingerprint density at radius 2 is 1.75 bits per heavy atom. The Morgan fingerprint density at radius 1 is 1.10 bits per heavy atom. The zero-order chi connectivity index (χ0) is 14.7. The highest BCUT2D eigenvalue weighted by atomic mass is 35.5. The van der Waals surface area contributed by atoms with Crippen molar-refractivity contribution in [1.29, 1.82) is 0 Å². The molecule has 0 saturated heterocycles. The van der Waals surface area contributed by atoms with E-state index in [0.29, 0.717) is 12.0 Å². The SMILES string of the molecule is CNC(Cc1ccc(C)cc1Cl)c1ccc(C)cc1F. The fourth-order valence-corrected chi connectivity index (χ4v) is 2.63. The van der Waals surface area contributed by atoms with Crippen LogP contribution in [0.1, 0.15) is 28.3 Å². The molecule has 0 fully saturated rings. The van der Waals surface area contributed by atoms with Gasteiger partial charge in [0.05, 0.1) is 0 Å². The third-order valence-electron chi connectivity index (χ3n) is 3.51. The topological polar surface area (TPSA) is 12.0 Å². The van der Waals surface area contributed by atoms with Crippen LogP contribution in [-0.4, -0.2) is 7.05 Å². The lowest BCUT2D eigenvalue weighted by Crippen LogP contribution is -2.20. The molecule has 3 heteroatoms. The van der Waals surface area contributed by atoms with Gasteiger partial charge >= 0.3 is 0 Å². The summed E-state index contributed by atoms with van der Waals surface area (Å²) < 4.78 is 14.1. The number of likely N-dealkylation sites (N-methyl/N-ethyl adjacent to an activating group) is 1. The van der Waals surface area contributed by atoms with E-state index in [9.17, 15) is 4.39 Å². The normalized spacial score (nSPS) is 12.4. The van der Waals surface area contributed by atoms with Gasteiger partial charge in [0, 0.05) is 16.6 Å². The van der Waals surface area contributed by atoms with E-state index in [0.717, 1.165) is 21.7 Å². The molecule has 2 rings (SSSR count). The molecule has 0 aromatic heterocycles. The Kier molecular flexibility index (Phi) is 4.79. The van der Waals surface area contributed by atoms with Crippen molar-refractivity contribution in [2.45, 2.75) is 26.3 Å². The van der Waals surface area contributed by atoms with Crippen LogP contribution in [0.3, 0.4) is 0 Å². The molecule has 0 aliphatic rings. The van der Waals surface area contributed by atoms with Gasteiger partial charge in [-0.15, -0.1) is 0 Å². The van der Waals surface area contributed by atoms with E-state index in [1.807, 2.05) is 51.2 Å². The Labute approximate surface area is 124 Å². The summed E-state index contributed by atoms with van der Waals surface area (Å²) in [6.07, 6.45) is 0.662. The maximum atomic E-state index is 14.1. The van der Waals surface area contributed by atoms with Gasteiger partial charge in [0.2, 0.25) is 0 Å². The number of halogens is 2. The second-order valence-electron chi connectivity index (χ2n) is 5.17. The molecule has 1 unspecified atom stereocenters. The molecule has 1 atom stereocenters. The average molecular weight is 292 g/mol. The summed E-state index contributed by atoms with van der Waals surface area (Å²) >= 11 is 6.26. The van der Waals surface area contributed by atoms with E-state index >= 15 is 0 Å². The zero-order valence-corrected chi connectivity index (χ0v) is 12.8. The maximum absolute atomic E-state index is 14.1. The number of aryl methyl sites for hydroxylation is 2. The van der Waals surface area contributed by atoms with Crippen LogP contribution in [0.25, 0.3) is 0 Å². The highest BCUT2D eigenvalue weighted by Gasteiger charge is 2.16. The predicted molar refractivity (Wildman–Crippen MR) is 82.8 cm³/mol. The van der Waals surface area contributed by atoms with Gasteiger partial charge in [-0.25, -0.2) is 4.39 Å². The van der Waals surface area contributed by atoms with Crippen molar-refractivity contribution in [3.8, 4) is 0 Å². The van der Waals surface area contributed by atoms with Gasteiger partial charge in [-0.1, -0.05) is 35.9 Å². The molecule has 106 valence electrons. The molecule has 0 saturated carbocycles. The van der Waals surface area contributed by atoms with Gasteiger partial charge in [0.25, 0.3) is 0 Å². The van der Waals surface area contributed by atoms with E-state index in [4.69, 9.17) is 11.6 Å². The summed E-state index contributed by atoms with van der Waals surface area (Å²) in [4.78, 5) is 0. The van der Waals surface area contributed by atoms with E-state index in [-0.39, 0.29) is 11.9 Å². The van der Waals surface area contributed by atoms with Crippen LogP contribution in [0.5, 0.6) is 0 Å². The molecule has 0 aliphatic heterocycles. The Hall–Kier alpha value is -1.38. The molecule has 20 heavy (non-hydrogen) atoms. The van der Waals surface area contributed by atoms with Crippen LogP contribution in [0.15, 0.2) is 36.4 Å². The summed E-state index contributed by atoms with van der Waals surface area (Å²) in [6, 6.07) is 11.2. The summed E-state index contributed by atoms with van der Waals surface area (Å²) in [7, 11) is 1.84. The summed E-state index contributed by atoms with van der Waals surface area (Å²) in [5, 5.41) is 3.90. The van der Waals surface area contributed by atoms with Crippen molar-refractivity contribution in [3.05, 3.63) is 69.5 Å². The minimum Gasteiger partial charge on any atom is -0.313 e. The largest absolute Gasteiger partial charge is 0.313 e. The molecule has 0 spiro atoms. The van der Waals surface area contributed by atoms with Gasteiger partial charge in [0.15, 0.2) is 0 Å².